The van der Waals surface area contributed by atoms with Crippen molar-refractivity contribution < 1.29 is 46.8 Å². The molecule has 36 heavy (non-hydrogen) atoms. The van der Waals surface area contributed by atoms with Gasteiger partial charge in [-0.1, -0.05) is 0 Å². The number of hydrogen-bond acceptors (Lipinski definition) is 3. The van der Waals surface area contributed by atoms with Crippen molar-refractivity contribution in [3.8, 4) is 11.1 Å². The molecule has 0 bridgehead atoms. The van der Waals surface area contributed by atoms with Gasteiger partial charge in [0, 0.05) is 0 Å². The molecule has 0 aromatic heterocycles. The average Bonchev–Trinajstić information content (AvgIpc) is 2.95. The molecule has 1 aliphatic heterocycles. The summed E-state index contributed by atoms with van der Waals surface area (Å²) < 4.78 is 140. The third-order valence-corrected chi connectivity index (χ3v) is 15.2. The van der Waals surface area contributed by atoms with Crippen LogP contribution in [0.1, 0.15) is 52.7 Å². The number of halogens is 8. The molecular formula is C23H24F8O3SSe. The second-order valence-electron chi connectivity index (χ2n) is 10.5. The van der Waals surface area contributed by atoms with Gasteiger partial charge in [-0.25, -0.2) is 0 Å². The van der Waals surface area contributed by atoms with Gasteiger partial charge in [-0.3, -0.25) is 0 Å². The fourth-order valence-electron chi connectivity index (χ4n) is 3.74. The normalized spacial score (nSPS) is 17.5. The summed E-state index contributed by atoms with van der Waals surface area (Å²) in [7, 11) is -6.88. The molecular weight excluding hydrogens is 587 g/mol. The molecule has 0 atom stereocenters. The molecule has 0 unspecified atom stereocenters. The van der Waals surface area contributed by atoms with Crippen molar-refractivity contribution in [3.63, 3.8) is 0 Å². The van der Waals surface area contributed by atoms with Crippen LogP contribution in [0.25, 0.3) is 11.1 Å². The van der Waals surface area contributed by atoms with E-state index in [1.807, 2.05) is 0 Å². The molecule has 0 amide bonds. The zero-order valence-corrected chi connectivity index (χ0v) is 22.6. The van der Waals surface area contributed by atoms with E-state index in [0.717, 1.165) is 12.1 Å². The fourth-order valence-corrected chi connectivity index (χ4v) is 13.6. The Morgan fingerprint density at radius 1 is 0.667 bits per heavy atom. The van der Waals surface area contributed by atoms with E-state index in [4.69, 9.17) is 0 Å². The molecule has 0 saturated heterocycles. The van der Waals surface area contributed by atoms with Crippen LogP contribution >= 0.6 is 0 Å². The van der Waals surface area contributed by atoms with Gasteiger partial charge in [0.05, 0.1) is 0 Å². The standard InChI is InChI=1S/C23H24F8O3SSe/c1-19(2,3)13-7-9-15-16-10-8-14(20(4,5)6)12-18(16)36(17(15)11-13,22(27,28)21(24,25)26)34-35(32,33)23(29,30)31/h7-12H,1-6H3. The van der Waals surface area contributed by atoms with Gasteiger partial charge in [0.25, 0.3) is 0 Å². The molecule has 0 radical (unpaired) electrons. The molecule has 0 N–H and O–H groups in total. The molecule has 1 aliphatic rings. The van der Waals surface area contributed by atoms with Crippen LogP contribution in [0.3, 0.4) is 0 Å². The number of rotatable bonds is 3. The van der Waals surface area contributed by atoms with E-state index in [0.29, 0.717) is 0 Å². The first-order valence-electron chi connectivity index (χ1n) is 10.5. The van der Waals surface area contributed by atoms with E-state index in [2.05, 4.69) is 3.27 Å². The summed E-state index contributed by atoms with van der Waals surface area (Å²) in [5.74, 6) is 0. The summed E-state index contributed by atoms with van der Waals surface area (Å²) in [5.41, 5.74) is -7.88. The van der Waals surface area contributed by atoms with Crippen LogP contribution in [-0.2, 0) is 24.2 Å². The molecule has 0 saturated carbocycles. The predicted octanol–water partition coefficient (Wildman–Crippen LogP) is 5.92. The zero-order valence-electron chi connectivity index (χ0n) is 20.0. The second-order valence-corrected chi connectivity index (χ2v) is 18.1. The number of alkyl halides is 8. The summed E-state index contributed by atoms with van der Waals surface area (Å²) in [5, 5.41) is 0. The maximum atomic E-state index is 15.6. The third-order valence-electron chi connectivity index (χ3n) is 5.77. The van der Waals surface area contributed by atoms with Crippen LogP contribution in [0.4, 0.5) is 35.1 Å². The van der Waals surface area contributed by atoms with Gasteiger partial charge >= 0.3 is 207 Å². The summed E-state index contributed by atoms with van der Waals surface area (Å²) in [6, 6.07) is 7.21. The Labute approximate surface area is 206 Å². The van der Waals surface area contributed by atoms with E-state index < -0.39 is 59.6 Å². The zero-order chi connectivity index (χ0) is 27.9. The van der Waals surface area contributed by atoms with E-state index in [1.165, 1.54) is 24.3 Å². The van der Waals surface area contributed by atoms with E-state index in [-0.39, 0.29) is 22.3 Å². The van der Waals surface area contributed by atoms with Gasteiger partial charge in [-0.2, -0.15) is 0 Å². The summed E-state index contributed by atoms with van der Waals surface area (Å²) >= 11 is -6.84. The van der Waals surface area contributed by atoms with Crippen LogP contribution in [0.2, 0.25) is 0 Å². The Bertz CT molecular complexity index is 1240. The Hall–Kier alpha value is -1.69. The number of benzene rings is 2. The quantitative estimate of drug-likeness (QED) is 0.246. The first-order chi connectivity index (χ1) is 15.9. The second kappa shape index (κ2) is 8.15. The number of fused-ring (bicyclic) bond motifs is 3. The molecule has 202 valence electrons. The number of hydrogen-bond donors (Lipinski definition) is 0. The molecule has 3 rings (SSSR count). The van der Waals surface area contributed by atoms with Crippen molar-refractivity contribution in [2.24, 2.45) is 0 Å². The SMILES string of the molecule is CC(C)(C)c1ccc2c(c1)[Se](OS(=O)(=O)C(F)(F)F)(C(F)(F)C(F)(F)F)c1cc(C(C)(C)C)ccc1-2. The van der Waals surface area contributed by atoms with Gasteiger partial charge in [0.15, 0.2) is 0 Å². The van der Waals surface area contributed by atoms with Crippen molar-refractivity contribution in [3.05, 3.63) is 47.5 Å². The minimum absolute atomic E-state index is 0.220. The van der Waals surface area contributed by atoms with Crippen LogP contribution in [0.5, 0.6) is 0 Å². The Kier molecular flexibility index (Phi) is 6.54. The van der Waals surface area contributed by atoms with E-state index >= 15 is 8.78 Å². The van der Waals surface area contributed by atoms with Crippen molar-refractivity contribution in [2.75, 3.05) is 0 Å². The third kappa shape index (κ3) is 4.35. The Morgan fingerprint density at radius 2 is 1.03 bits per heavy atom. The molecule has 1 heterocycles. The Balaban J connectivity index is 2.60. The summed E-state index contributed by atoms with van der Waals surface area (Å²) in [6.45, 7) is 9.72. The van der Waals surface area contributed by atoms with E-state index in [9.17, 15) is 34.8 Å². The van der Waals surface area contributed by atoms with Gasteiger partial charge in [0.1, 0.15) is 0 Å². The van der Waals surface area contributed by atoms with E-state index in [1.54, 1.807) is 41.5 Å². The van der Waals surface area contributed by atoms with Crippen LogP contribution in [-0.4, -0.2) is 38.1 Å². The first-order valence-corrected chi connectivity index (χ1v) is 15.1. The van der Waals surface area contributed by atoms with Crippen LogP contribution in [0.15, 0.2) is 36.4 Å². The van der Waals surface area contributed by atoms with Crippen LogP contribution in [0, 0.1) is 0 Å². The van der Waals surface area contributed by atoms with Gasteiger partial charge in [0.2, 0.25) is 0 Å². The molecule has 2 aromatic rings. The molecule has 2 aromatic carbocycles. The molecule has 3 nitrogen and oxygen atoms in total. The molecule has 0 fully saturated rings. The summed E-state index contributed by atoms with van der Waals surface area (Å²) in [6.07, 6.45) is -6.41. The monoisotopic (exact) mass is 612 g/mol. The maximum absolute atomic E-state index is 15.6. The first kappa shape index (κ1) is 28.9. The predicted molar refractivity (Wildman–Crippen MR) is 121 cm³/mol. The topological polar surface area (TPSA) is 43.4 Å². The molecule has 0 spiro atoms. The van der Waals surface area contributed by atoms with Crippen molar-refractivity contribution in [2.45, 2.75) is 68.9 Å². The molecule has 0 aliphatic carbocycles. The fraction of sp³-hybridized carbons (Fsp3) is 0.478. The Morgan fingerprint density at radius 3 is 1.31 bits per heavy atom. The van der Waals surface area contributed by atoms with Crippen LogP contribution < -0.4 is 8.92 Å². The van der Waals surface area contributed by atoms with Crippen molar-refractivity contribution >= 4 is 32.2 Å². The minimum atomic E-state index is -6.88. The van der Waals surface area contributed by atoms with Crippen molar-refractivity contribution in [1.29, 1.82) is 0 Å². The summed E-state index contributed by atoms with van der Waals surface area (Å²) in [4.78, 5) is -5.94. The van der Waals surface area contributed by atoms with Gasteiger partial charge in [-0.15, -0.1) is 0 Å². The van der Waals surface area contributed by atoms with Gasteiger partial charge in [-0.05, 0) is 0 Å². The average molecular weight is 611 g/mol. The molecule has 13 heteroatoms. The van der Waals surface area contributed by atoms with Gasteiger partial charge < -0.3 is 0 Å². The van der Waals surface area contributed by atoms with Crippen molar-refractivity contribution in [1.82, 2.24) is 0 Å².